The van der Waals surface area contributed by atoms with Crippen molar-refractivity contribution in [2.24, 2.45) is 0 Å². The van der Waals surface area contributed by atoms with Crippen LogP contribution in [0, 0.1) is 11.3 Å². The molecule has 1 aromatic carbocycles. The number of carbonyl (C=O) groups is 1. The molecule has 2 rings (SSSR count). The molecule has 1 aromatic heterocycles. The van der Waals surface area contributed by atoms with Gasteiger partial charge in [0.05, 0.1) is 18.2 Å². The van der Waals surface area contributed by atoms with Crippen LogP contribution >= 0.6 is 11.3 Å². The summed E-state index contributed by atoms with van der Waals surface area (Å²) in [7, 11) is -3.65. The zero-order chi connectivity index (χ0) is 15.3. The molecule has 0 saturated carbocycles. The van der Waals surface area contributed by atoms with Gasteiger partial charge in [0.1, 0.15) is 4.21 Å². The number of rotatable bonds is 5. The first-order valence-electron chi connectivity index (χ1n) is 5.84. The zero-order valence-corrected chi connectivity index (χ0v) is 12.4. The molecule has 2 N–H and O–H groups in total. The van der Waals surface area contributed by atoms with Crippen molar-refractivity contribution in [3.8, 4) is 6.07 Å². The highest BCUT2D eigenvalue weighted by Crippen LogP contribution is 2.15. The molecule has 1 amide bonds. The van der Waals surface area contributed by atoms with E-state index in [1.807, 2.05) is 6.07 Å². The van der Waals surface area contributed by atoms with Crippen LogP contribution in [0.1, 0.15) is 5.56 Å². The van der Waals surface area contributed by atoms with Gasteiger partial charge in [0.2, 0.25) is 5.91 Å². The fourth-order valence-electron chi connectivity index (χ4n) is 1.48. The standard InChI is InChI=1S/C13H11N3O3S2/c14-8-10-3-5-11(6-4-10)16-12(17)9-15-21(18,19)13-2-1-7-20-13/h1-7,15H,9H2,(H,16,17). The second-order valence-electron chi connectivity index (χ2n) is 3.99. The third-order valence-electron chi connectivity index (χ3n) is 2.48. The molecule has 0 saturated heterocycles. The summed E-state index contributed by atoms with van der Waals surface area (Å²) < 4.78 is 26.0. The molecule has 0 spiro atoms. The number of amides is 1. The van der Waals surface area contributed by atoms with E-state index in [9.17, 15) is 13.2 Å². The van der Waals surface area contributed by atoms with Crippen molar-refractivity contribution < 1.29 is 13.2 Å². The lowest BCUT2D eigenvalue weighted by Crippen LogP contribution is -2.32. The quantitative estimate of drug-likeness (QED) is 0.872. The van der Waals surface area contributed by atoms with Gasteiger partial charge in [-0.25, -0.2) is 13.1 Å². The van der Waals surface area contributed by atoms with Crippen molar-refractivity contribution in [2.45, 2.75) is 4.21 Å². The second kappa shape index (κ2) is 6.49. The predicted molar refractivity (Wildman–Crippen MR) is 79.3 cm³/mol. The summed E-state index contributed by atoms with van der Waals surface area (Å²) in [5, 5.41) is 12.8. The highest BCUT2D eigenvalue weighted by molar-refractivity contribution is 7.91. The molecule has 0 fully saturated rings. The summed E-state index contributed by atoms with van der Waals surface area (Å²) in [6.07, 6.45) is 0. The number of hydrogen-bond acceptors (Lipinski definition) is 5. The molecule has 0 radical (unpaired) electrons. The van der Waals surface area contributed by atoms with Gasteiger partial charge >= 0.3 is 0 Å². The highest BCUT2D eigenvalue weighted by atomic mass is 32.2. The van der Waals surface area contributed by atoms with Gasteiger partial charge in [0.25, 0.3) is 10.0 Å². The second-order valence-corrected chi connectivity index (χ2v) is 6.94. The van der Waals surface area contributed by atoms with Gasteiger partial charge < -0.3 is 5.32 Å². The average Bonchev–Trinajstić information content (AvgIpc) is 3.01. The molecule has 6 nitrogen and oxygen atoms in total. The fraction of sp³-hybridized carbons (Fsp3) is 0.0769. The molecular formula is C13H11N3O3S2. The Bertz CT molecular complexity index is 760. The van der Waals surface area contributed by atoms with E-state index < -0.39 is 15.9 Å². The molecule has 0 aliphatic heterocycles. The van der Waals surface area contributed by atoms with Crippen molar-refractivity contribution in [3.63, 3.8) is 0 Å². The Hall–Kier alpha value is -2.21. The van der Waals surface area contributed by atoms with Crippen LogP contribution in [-0.4, -0.2) is 20.9 Å². The minimum absolute atomic E-state index is 0.161. The van der Waals surface area contributed by atoms with E-state index in [1.54, 1.807) is 35.7 Å². The van der Waals surface area contributed by atoms with Crippen LogP contribution in [0.3, 0.4) is 0 Å². The van der Waals surface area contributed by atoms with Crippen molar-refractivity contribution in [1.82, 2.24) is 4.72 Å². The summed E-state index contributed by atoms with van der Waals surface area (Å²) in [6.45, 7) is -0.361. The van der Waals surface area contributed by atoms with Crippen LogP contribution in [-0.2, 0) is 14.8 Å². The van der Waals surface area contributed by atoms with Crippen molar-refractivity contribution in [1.29, 1.82) is 5.26 Å². The molecule has 108 valence electrons. The fourth-order valence-corrected chi connectivity index (χ4v) is 3.50. The maximum absolute atomic E-state index is 11.8. The number of carbonyl (C=O) groups excluding carboxylic acids is 1. The van der Waals surface area contributed by atoms with Gasteiger partial charge in [0.15, 0.2) is 0 Å². The molecule has 0 aliphatic rings. The van der Waals surface area contributed by atoms with Crippen molar-refractivity contribution >= 4 is 33.0 Å². The topological polar surface area (TPSA) is 99.1 Å². The Balaban J connectivity index is 1.92. The average molecular weight is 321 g/mol. The summed E-state index contributed by atoms with van der Waals surface area (Å²) in [6, 6.07) is 11.3. The van der Waals surface area contributed by atoms with Gasteiger partial charge in [-0.15, -0.1) is 11.3 Å². The predicted octanol–water partition coefficient (Wildman–Crippen LogP) is 1.54. The van der Waals surface area contributed by atoms with Gasteiger partial charge in [0, 0.05) is 5.69 Å². The summed E-state index contributed by atoms with van der Waals surface area (Å²) in [5.74, 6) is -0.486. The van der Waals surface area contributed by atoms with Crippen LogP contribution in [0.25, 0.3) is 0 Å². The maximum Gasteiger partial charge on any atom is 0.250 e. The van der Waals surface area contributed by atoms with E-state index >= 15 is 0 Å². The normalized spacial score (nSPS) is 10.8. The van der Waals surface area contributed by atoms with Crippen molar-refractivity contribution in [3.05, 3.63) is 47.3 Å². The van der Waals surface area contributed by atoms with Gasteiger partial charge in [-0.05, 0) is 35.7 Å². The van der Waals surface area contributed by atoms with Gasteiger partial charge in [-0.1, -0.05) is 6.07 Å². The summed E-state index contributed by atoms with van der Waals surface area (Å²) >= 11 is 1.08. The number of nitrogens with zero attached hydrogens (tertiary/aromatic N) is 1. The van der Waals surface area contributed by atoms with Gasteiger partial charge in [-0.3, -0.25) is 4.79 Å². The Morgan fingerprint density at radius 2 is 1.95 bits per heavy atom. The number of benzene rings is 1. The van der Waals surface area contributed by atoms with Crippen molar-refractivity contribution in [2.75, 3.05) is 11.9 Å². The molecule has 0 bridgehead atoms. The van der Waals surface area contributed by atoms with Crippen LogP contribution in [0.2, 0.25) is 0 Å². The molecule has 21 heavy (non-hydrogen) atoms. The minimum Gasteiger partial charge on any atom is -0.325 e. The maximum atomic E-state index is 11.8. The summed E-state index contributed by atoms with van der Waals surface area (Å²) in [5.41, 5.74) is 0.973. The number of thiophene rings is 1. The molecule has 0 atom stereocenters. The lowest BCUT2D eigenvalue weighted by atomic mass is 10.2. The molecule has 8 heteroatoms. The molecule has 0 unspecified atom stereocenters. The van der Waals surface area contributed by atoms with E-state index in [-0.39, 0.29) is 10.8 Å². The number of nitriles is 1. The third kappa shape index (κ3) is 4.13. The first kappa shape index (κ1) is 15.2. The minimum atomic E-state index is -3.65. The van der Waals surface area contributed by atoms with Crippen LogP contribution in [0.15, 0.2) is 46.0 Å². The number of anilines is 1. The highest BCUT2D eigenvalue weighted by Gasteiger charge is 2.16. The Kier molecular flexibility index (Phi) is 4.70. The Labute approximate surface area is 126 Å². The molecule has 0 aliphatic carbocycles. The SMILES string of the molecule is N#Cc1ccc(NC(=O)CNS(=O)(=O)c2cccs2)cc1. The van der Waals surface area contributed by atoms with Crippen LogP contribution in [0.5, 0.6) is 0 Å². The lowest BCUT2D eigenvalue weighted by molar-refractivity contribution is -0.115. The first-order valence-corrected chi connectivity index (χ1v) is 8.21. The molecular weight excluding hydrogens is 310 g/mol. The van der Waals surface area contributed by atoms with E-state index in [2.05, 4.69) is 10.0 Å². The first-order chi connectivity index (χ1) is 10.0. The molecule has 2 aromatic rings. The Morgan fingerprint density at radius 3 is 2.52 bits per heavy atom. The Morgan fingerprint density at radius 1 is 1.24 bits per heavy atom. The van der Waals surface area contributed by atoms with E-state index in [0.717, 1.165) is 11.3 Å². The van der Waals surface area contributed by atoms with E-state index in [0.29, 0.717) is 11.3 Å². The van der Waals surface area contributed by atoms with E-state index in [4.69, 9.17) is 5.26 Å². The zero-order valence-electron chi connectivity index (χ0n) is 10.7. The van der Waals surface area contributed by atoms with E-state index in [1.165, 1.54) is 6.07 Å². The van der Waals surface area contributed by atoms with Crippen LogP contribution in [0.4, 0.5) is 5.69 Å². The largest absolute Gasteiger partial charge is 0.325 e. The third-order valence-corrected chi connectivity index (χ3v) is 5.28. The monoisotopic (exact) mass is 321 g/mol. The molecule has 1 heterocycles. The number of sulfonamides is 1. The summed E-state index contributed by atoms with van der Waals surface area (Å²) in [4.78, 5) is 11.7. The van der Waals surface area contributed by atoms with Crippen LogP contribution < -0.4 is 10.0 Å². The lowest BCUT2D eigenvalue weighted by Gasteiger charge is -2.06. The number of hydrogen-bond donors (Lipinski definition) is 2. The number of nitrogens with one attached hydrogen (secondary N) is 2. The smallest absolute Gasteiger partial charge is 0.250 e. The van der Waals surface area contributed by atoms with Gasteiger partial charge in [-0.2, -0.15) is 5.26 Å².